The van der Waals surface area contributed by atoms with Gasteiger partial charge in [-0.3, -0.25) is 0 Å². The summed E-state index contributed by atoms with van der Waals surface area (Å²) in [4.78, 5) is 14.9. The normalized spacial score (nSPS) is 11.6. The summed E-state index contributed by atoms with van der Waals surface area (Å²) in [6.45, 7) is 0. The van der Waals surface area contributed by atoms with Crippen LogP contribution in [0.2, 0.25) is 0 Å². The molecule has 0 aromatic carbocycles. The summed E-state index contributed by atoms with van der Waals surface area (Å²) in [5, 5.41) is 13.8. The van der Waals surface area contributed by atoms with E-state index >= 15 is 0 Å². The van der Waals surface area contributed by atoms with Crippen LogP contribution in [0.4, 0.5) is 0 Å². The van der Waals surface area contributed by atoms with Crippen molar-refractivity contribution in [1.29, 1.82) is 0 Å². The molecule has 0 saturated heterocycles. The van der Waals surface area contributed by atoms with Gasteiger partial charge in [-0.15, -0.1) is 0 Å². The fourth-order valence-electron chi connectivity index (χ4n) is 0.371. The Labute approximate surface area is 63.1 Å². The largest absolute Gasteiger partial charge is 0.464 e. The van der Waals surface area contributed by atoms with Crippen molar-refractivity contribution in [3.8, 4) is 0 Å². The molecule has 0 amide bonds. The highest BCUT2D eigenvalue weighted by Crippen LogP contribution is 1.81. The first kappa shape index (κ1) is 9.41. The lowest BCUT2D eigenvalue weighted by molar-refractivity contribution is -0.132. The van der Waals surface area contributed by atoms with Crippen LogP contribution in [0.1, 0.15) is 0 Å². The molecule has 1 N–H and O–H groups in total. The van der Waals surface area contributed by atoms with Gasteiger partial charge in [-0.25, -0.2) is 4.79 Å². The minimum Gasteiger partial charge on any atom is -0.464 e. The Hall–Kier alpha value is -1.59. The zero-order valence-corrected chi connectivity index (χ0v) is 6.14. The molecule has 0 fully saturated rings. The van der Waals surface area contributed by atoms with E-state index in [1.807, 2.05) is 0 Å². The molecule has 6 heteroatoms. The van der Waals surface area contributed by atoms with E-state index in [4.69, 9.17) is 5.21 Å². The number of nitrogens with zero attached hydrogens (tertiary/aromatic N) is 2. The van der Waals surface area contributed by atoms with Crippen LogP contribution in [0.15, 0.2) is 10.3 Å². The number of rotatable bonds is 3. The fourth-order valence-corrected chi connectivity index (χ4v) is 0.371. The van der Waals surface area contributed by atoms with Crippen LogP contribution in [0.3, 0.4) is 0 Å². The van der Waals surface area contributed by atoms with Gasteiger partial charge < -0.3 is 14.8 Å². The molecule has 0 aliphatic rings. The molecular weight excluding hydrogens is 152 g/mol. The van der Waals surface area contributed by atoms with Crippen molar-refractivity contribution in [1.82, 2.24) is 0 Å². The van der Waals surface area contributed by atoms with Gasteiger partial charge in [-0.1, -0.05) is 10.3 Å². The maximum atomic E-state index is 10.7. The van der Waals surface area contributed by atoms with Crippen molar-refractivity contribution in [3.05, 3.63) is 0 Å². The molecule has 0 bridgehead atoms. The number of hydrogen-bond acceptors (Lipinski definition) is 6. The molecule has 0 spiro atoms. The number of methoxy groups -OCH3 is 1. The maximum absolute atomic E-state index is 10.7. The van der Waals surface area contributed by atoms with Crippen LogP contribution in [-0.4, -0.2) is 37.3 Å². The molecule has 0 saturated carbocycles. The van der Waals surface area contributed by atoms with Crippen molar-refractivity contribution in [2.24, 2.45) is 10.3 Å². The van der Waals surface area contributed by atoms with Crippen molar-refractivity contribution < 1.29 is 19.6 Å². The van der Waals surface area contributed by atoms with Crippen molar-refractivity contribution in [2.45, 2.75) is 0 Å². The zero-order valence-electron chi connectivity index (χ0n) is 6.14. The van der Waals surface area contributed by atoms with Crippen molar-refractivity contribution in [2.75, 3.05) is 14.2 Å². The summed E-state index contributed by atoms with van der Waals surface area (Å²) in [6.07, 6.45) is 0.815. The summed E-state index contributed by atoms with van der Waals surface area (Å²) < 4.78 is 4.27. The molecule has 0 unspecified atom stereocenters. The monoisotopic (exact) mass is 160 g/mol. The lowest BCUT2D eigenvalue weighted by Crippen LogP contribution is -2.17. The molecule has 62 valence electrons. The van der Waals surface area contributed by atoms with Crippen LogP contribution < -0.4 is 0 Å². The first-order chi connectivity index (χ1) is 5.26. The lowest BCUT2D eigenvalue weighted by atomic mass is 10.4. The van der Waals surface area contributed by atoms with Gasteiger partial charge in [0.15, 0.2) is 0 Å². The van der Waals surface area contributed by atoms with E-state index in [1.165, 1.54) is 14.2 Å². The molecule has 0 heterocycles. The Morgan fingerprint density at radius 3 is 2.55 bits per heavy atom. The smallest absolute Gasteiger partial charge is 0.361 e. The molecule has 0 aromatic rings. The van der Waals surface area contributed by atoms with Crippen LogP contribution in [0.25, 0.3) is 0 Å². The van der Waals surface area contributed by atoms with E-state index in [2.05, 4.69) is 19.9 Å². The molecule has 0 atom stereocenters. The number of oxime groups is 2. The van der Waals surface area contributed by atoms with Gasteiger partial charge in [0.1, 0.15) is 13.3 Å². The average molecular weight is 160 g/mol. The summed E-state index contributed by atoms with van der Waals surface area (Å²) in [7, 11) is 2.44. The van der Waals surface area contributed by atoms with E-state index in [0.717, 1.165) is 6.21 Å². The van der Waals surface area contributed by atoms with Gasteiger partial charge >= 0.3 is 5.97 Å². The second-order valence-electron chi connectivity index (χ2n) is 1.40. The summed E-state index contributed by atoms with van der Waals surface area (Å²) >= 11 is 0. The summed E-state index contributed by atoms with van der Waals surface area (Å²) in [5.41, 5.74) is -0.211. The van der Waals surface area contributed by atoms with E-state index in [9.17, 15) is 4.79 Å². The molecular formula is C5H8N2O4. The first-order valence-electron chi connectivity index (χ1n) is 2.63. The number of ether oxygens (including phenoxy) is 1. The minimum atomic E-state index is -0.732. The average Bonchev–Trinajstić information content (AvgIpc) is 2.03. The zero-order chi connectivity index (χ0) is 8.69. The molecule has 0 aliphatic carbocycles. The van der Waals surface area contributed by atoms with Crippen molar-refractivity contribution in [3.63, 3.8) is 0 Å². The van der Waals surface area contributed by atoms with Crippen LogP contribution >= 0.6 is 0 Å². The highest BCUT2D eigenvalue weighted by molar-refractivity contribution is 6.59. The van der Waals surface area contributed by atoms with E-state index in [0.29, 0.717) is 0 Å². The predicted octanol–water partition coefficient (Wildman–Crippen LogP) is -0.378. The number of esters is 1. The Morgan fingerprint density at radius 1 is 1.55 bits per heavy atom. The van der Waals surface area contributed by atoms with Crippen LogP contribution in [0.5, 0.6) is 0 Å². The number of carbonyl (C=O) groups is 1. The van der Waals surface area contributed by atoms with E-state index in [1.54, 1.807) is 0 Å². The molecule has 0 aliphatic heterocycles. The molecule has 0 radical (unpaired) electrons. The maximum Gasteiger partial charge on any atom is 0.361 e. The summed E-state index contributed by atoms with van der Waals surface area (Å²) in [6, 6.07) is 0. The van der Waals surface area contributed by atoms with E-state index < -0.39 is 5.97 Å². The van der Waals surface area contributed by atoms with Crippen molar-refractivity contribution >= 4 is 17.9 Å². The fraction of sp³-hybridized carbons (Fsp3) is 0.400. The van der Waals surface area contributed by atoms with Gasteiger partial charge in [-0.2, -0.15) is 0 Å². The molecule has 0 aromatic heterocycles. The van der Waals surface area contributed by atoms with Gasteiger partial charge in [0, 0.05) is 0 Å². The highest BCUT2D eigenvalue weighted by Gasteiger charge is 2.09. The molecule has 0 rings (SSSR count). The van der Waals surface area contributed by atoms with Crippen LogP contribution in [-0.2, 0) is 14.4 Å². The Morgan fingerprint density at radius 2 is 2.18 bits per heavy atom. The predicted molar refractivity (Wildman–Crippen MR) is 36.7 cm³/mol. The Balaban J connectivity index is 4.34. The SMILES string of the molecule is CO/N=C(\C=N\O)C(=O)OC. The Kier molecular flexibility index (Phi) is 4.46. The minimum absolute atomic E-state index is 0.211. The topological polar surface area (TPSA) is 80.5 Å². The highest BCUT2D eigenvalue weighted by atomic mass is 16.6. The lowest BCUT2D eigenvalue weighted by Gasteiger charge is -1.94. The number of hydrogen-bond donors (Lipinski definition) is 1. The first-order valence-corrected chi connectivity index (χ1v) is 2.63. The molecule has 6 nitrogen and oxygen atoms in total. The van der Waals surface area contributed by atoms with Crippen LogP contribution in [0, 0.1) is 0 Å². The third kappa shape index (κ3) is 3.19. The third-order valence-corrected chi connectivity index (χ3v) is 0.764. The second-order valence-corrected chi connectivity index (χ2v) is 1.40. The standard InChI is InChI=1S/C5H8N2O4/c1-10-5(8)4(3-6-9)7-11-2/h3,9H,1-2H3/b6-3+,7-4+. The second kappa shape index (κ2) is 5.21. The van der Waals surface area contributed by atoms with Gasteiger partial charge in [0.25, 0.3) is 0 Å². The third-order valence-electron chi connectivity index (χ3n) is 0.764. The van der Waals surface area contributed by atoms with Gasteiger partial charge in [0.05, 0.1) is 7.11 Å². The Bertz CT molecular complexity index is 187. The number of carbonyl (C=O) groups excluding carboxylic acids is 1. The van der Waals surface area contributed by atoms with E-state index in [-0.39, 0.29) is 5.71 Å². The van der Waals surface area contributed by atoms with Gasteiger partial charge in [-0.05, 0) is 0 Å². The molecule has 11 heavy (non-hydrogen) atoms. The quantitative estimate of drug-likeness (QED) is 0.264. The van der Waals surface area contributed by atoms with Gasteiger partial charge in [0.2, 0.25) is 5.71 Å². The summed E-state index contributed by atoms with van der Waals surface area (Å²) in [5.74, 6) is -0.732.